The number of amides is 2. The van der Waals surface area contributed by atoms with E-state index in [1.807, 2.05) is 54.6 Å². The van der Waals surface area contributed by atoms with Crippen LogP contribution in [0.2, 0.25) is 0 Å². The lowest BCUT2D eigenvalue weighted by Gasteiger charge is -2.10. The molecule has 180 valence electrons. The number of anilines is 1. The minimum atomic E-state index is -0.574. The Kier molecular flexibility index (Phi) is 6.00. The Morgan fingerprint density at radius 1 is 0.944 bits per heavy atom. The third-order valence-corrected chi connectivity index (χ3v) is 5.85. The molecular formula is C28H23N3O5. The van der Waals surface area contributed by atoms with Crippen LogP contribution in [0.4, 0.5) is 5.69 Å². The standard InChI is InChI=1S/C28H23N3O5/c1-16(30-31-28(34)21-12-17-7-3-4-8-18(17)13-23(21)32)11-27(33)29-22-15-25-20(14-26(22)35-2)19-9-5-6-10-24(19)36-25/h3-10,12-15,32H,11H2,1-2H3,(H,29,33)(H,31,34)/b30-16-. The number of rotatable bonds is 6. The largest absolute Gasteiger partial charge is 0.507 e. The quantitative estimate of drug-likeness (QED) is 0.216. The summed E-state index contributed by atoms with van der Waals surface area (Å²) < 4.78 is 11.4. The number of carbonyl (C=O) groups excluding carboxylic acids is 2. The summed E-state index contributed by atoms with van der Waals surface area (Å²) in [6, 6.07) is 21.7. The van der Waals surface area contributed by atoms with Crippen molar-refractivity contribution < 1.29 is 23.8 Å². The summed E-state index contributed by atoms with van der Waals surface area (Å²) in [5, 5.41) is 20.6. The van der Waals surface area contributed by atoms with Gasteiger partial charge in [-0.05, 0) is 42.0 Å². The van der Waals surface area contributed by atoms with Gasteiger partial charge in [-0.25, -0.2) is 5.43 Å². The molecule has 1 heterocycles. The number of furan rings is 1. The van der Waals surface area contributed by atoms with E-state index in [2.05, 4.69) is 15.8 Å². The van der Waals surface area contributed by atoms with Gasteiger partial charge in [-0.15, -0.1) is 0 Å². The van der Waals surface area contributed by atoms with Crippen molar-refractivity contribution in [2.45, 2.75) is 13.3 Å². The number of hydrogen-bond acceptors (Lipinski definition) is 6. The number of aromatic hydroxyl groups is 1. The first kappa shape index (κ1) is 22.9. The Morgan fingerprint density at radius 3 is 2.44 bits per heavy atom. The molecule has 0 fully saturated rings. The number of phenolic OH excluding ortho intramolecular Hbond substituents is 1. The lowest BCUT2D eigenvalue weighted by Crippen LogP contribution is -2.21. The molecule has 0 aliphatic carbocycles. The van der Waals surface area contributed by atoms with Crippen LogP contribution in [0.15, 0.2) is 82.3 Å². The lowest BCUT2D eigenvalue weighted by molar-refractivity contribution is -0.115. The molecule has 0 aliphatic heterocycles. The fourth-order valence-corrected chi connectivity index (χ4v) is 4.10. The van der Waals surface area contributed by atoms with Crippen LogP contribution >= 0.6 is 0 Å². The minimum Gasteiger partial charge on any atom is -0.507 e. The highest BCUT2D eigenvalue weighted by molar-refractivity contribution is 6.10. The minimum absolute atomic E-state index is 0.0642. The summed E-state index contributed by atoms with van der Waals surface area (Å²) in [6.45, 7) is 1.62. The first-order valence-electron chi connectivity index (χ1n) is 11.3. The van der Waals surface area contributed by atoms with Gasteiger partial charge in [0, 0.05) is 22.6 Å². The molecule has 0 bridgehead atoms. The maximum Gasteiger partial charge on any atom is 0.275 e. The van der Waals surface area contributed by atoms with E-state index < -0.39 is 5.91 Å². The van der Waals surface area contributed by atoms with Gasteiger partial charge in [0.1, 0.15) is 22.7 Å². The number of benzene rings is 4. The smallest absolute Gasteiger partial charge is 0.275 e. The van der Waals surface area contributed by atoms with Gasteiger partial charge in [0.05, 0.1) is 24.8 Å². The van der Waals surface area contributed by atoms with E-state index in [1.54, 1.807) is 19.1 Å². The maximum absolute atomic E-state index is 12.7. The third-order valence-electron chi connectivity index (χ3n) is 5.85. The third kappa shape index (κ3) is 4.44. The summed E-state index contributed by atoms with van der Waals surface area (Å²) in [7, 11) is 1.53. The van der Waals surface area contributed by atoms with Crippen LogP contribution in [0.3, 0.4) is 0 Å². The molecule has 0 saturated carbocycles. The first-order valence-corrected chi connectivity index (χ1v) is 11.3. The number of fused-ring (bicyclic) bond motifs is 4. The Labute approximate surface area is 206 Å². The number of hydrogen-bond donors (Lipinski definition) is 3. The molecule has 8 heteroatoms. The second-order valence-corrected chi connectivity index (χ2v) is 8.38. The Bertz CT molecular complexity index is 1670. The number of carbonyl (C=O) groups is 2. The maximum atomic E-state index is 12.7. The van der Waals surface area contributed by atoms with Crippen molar-refractivity contribution in [2.24, 2.45) is 5.10 Å². The molecular weight excluding hydrogens is 458 g/mol. The molecule has 5 rings (SSSR count). The summed E-state index contributed by atoms with van der Waals surface area (Å²) in [6.07, 6.45) is -0.0642. The molecule has 0 saturated heterocycles. The zero-order valence-electron chi connectivity index (χ0n) is 19.7. The van der Waals surface area contributed by atoms with Gasteiger partial charge in [0.2, 0.25) is 5.91 Å². The number of phenols is 1. The molecule has 2 amide bonds. The fraction of sp³-hybridized carbons (Fsp3) is 0.107. The number of ether oxygens (including phenoxy) is 1. The zero-order valence-corrected chi connectivity index (χ0v) is 19.7. The van der Waals surface area contributed by atoms with Gasteiger partial charge in [-0.2, -0.15) is 5.10 Å². The molecule has 0 unspecified atom stereocenters. The van der Waals surface area contributed by atoms with Crippen LogP contribution in [-0.2, 0) is 4.79 Å². The van der Waals surface area contributed by atoms with Crippen molar-refractivity contribution in [1.82, 2.24) is 5.43 Å². The average Bonchev–Trinajstić information content (AvgIpc) is 3.23. The number of methoxy groups -OCH3 is 1. The van der Waals surface area contributed by atoms with Crippen molar-refractivity contribution >= 4 is 55.9 Å². The van der Waals surface area contributed by atoms with Gasteiger partial charge >= 0.3 is 0 Å². The van der Waals surface area contributed by atoms with E-state index >= 15 is 0 Å². The predicted octanol–water partition coefficient (Wildman–Crippen LogP) is 5.59. The molecule has 4 aromatic carbocycles. The van der Waals surface area contributed by atoms with Crippen molar-refractivity contribution in [3.8, 4) is 11.5 Å². The number of hydrazone groups is 1. The van der Waals surface area contributed by atoms with Gasteiger partial charge < -0.3 is 19.6 Å². The Hall–Kier alpha value is -4.85. The number of para-hydroxylation sites is 1. The number of nitrogens with one attached hydrogen (secondary N) is 2. The molecule has 0 aliphatic rings. The molecule has 0 spiro atoms. The topological polar surface area (TPSA) is 113 Å². The van der Waals surface area contributed by atoms with Gasteiger partial charge in [-0.1, -0.05) is 42.5 Å². The highest BCUT2D eigenvalue weighted by atomic mass is 16.5. The van der Waals surface area contributed by atoms with Crippen molar-refractivity contribution in [3.63, 3.8) is 0 Å². The molecule has 0 radical (unpaired) electrons. The van der Waals surface area contributed by atoms with E-state index in [0.29, 0.717) is 22.7 Å². The van der Waals surface area contributed by atoms with Crippen LogP contribution in [0, 0.1) is 0 Å². The second-order valence-electron chi connectivity index (χ2n) is 8.38. The predicted molar refractivity (Wildman–Crippen MR) is 140 cm³/mol. The Morgan fingerprint density at radius 2 is 1.67 bits per heavy atom. The van der Waals surface area contributed by atoms with E-state index in [9.17, 15) is 14.7 Å². The van der Waals surface area contributed by atoms with Crippen molar-refractivity contribution in [2.75, 3.05) is 12.4 Å². The molecule has 5 aromatic rings. The highest BCUT2D eigenvalue weighted by Crippen LogP contribution is 2.36. The Balaban J connectivity index is 1.29. The SMILES string of the molecule is COc1cc2c(cc1NC(=O)C/C(C)=N\NC(=O)c1cc3ccccc3cc1O)oc1ccccc12. The molecule has 3 N–H and O–H groups in total. The fourth-order valence-electron chi connectivity index (χ4n) is 4.10. The molecule has 36 heavy (non-hydrogen) atoms. The summed E-state index contributed by atoms with van der Waals surface area (Å²) in [5.41, 5.74) is 4.71. The van der Waals surface area contributed by atoms with Gasteiger partial charge in [0.25, 0.3) is 5.91 Å². The monoisotopic (exact) mass is 481 g/mol. The van der Waals surface area contributed by atoms with E-state index in [-0.39, 0.29) is 23.6 Å². The normalized spacial score (nSPS) is 11.7. The lowest BCUT2D eigenvalue weighted by atomic mass is 10.1. The van der Waals surface area contributed by atoms with Crippen LogP contribution in [-0.4, -0.2) is 29.7 Å². The second kappa shape index (κ2) is 9.42. The van der Waals surface area contributed by atoms with Crippen molar-refractivity contribution in [1.29, 1.82) is 0 Å². The zero-order chi connectivity index (χ0) is 25.2. The van der Waals surface area contributed by atoms with Crippen LogP contribution in [0.5, 0.6) is 11.5 Å². The van der Waals surface area contributed by atoms with Gasteiger partial charge in [0.15, 0.2) is 0 Å². The molecule has 0 atom stereocenters. The number of nitrogens with zero attached hydrogens (tertiary/aromatic N) is 1. The first-order chi connectivity index (χ1) is 17.4. The van der Waals surface area contributed by atoms with E-state index in [0.717, 1.165) is 27.1 Å². The highest BCUT2D eigenvalue weighted by Gasteiger charge is 2.16. The van der Waals surface area contributed by atoms with Crippen LogP contribution < -0.4 is 15.5 Å². The molecule has 1 aromatic heterocycles. The average molecular weight is 482 g/mol. The van der Waals surface area contributed by atoms with Crippen LogP contribution in [0.25, 0.3) is 32.7 Å². The van der Waals surface area contributed by atoms with E-state index in [1.165, 1.54) is 13.2 Å². The van der Waals surface area contributed by atoms with E-state index in [4.69, 9.17) is 9.15 Å². The summed E-state index contributed by atoms with van der Waals surface area (Å²) in [4.78, 5) is 25.3. The summed E-state index contributed by atoms with van der Waals surface area (Å²) >= 11 is 0. The van der Waals surface area contributed by atoms with Gasteiger partial charge in [-0.3, -0.25) is 9.59 Å². The van der Waals surface area contributed by atoms with Crippen molar-refractivity contribution in [3.05, 3.63) is 78.4 Å². The van der Waals surface area contributed by atoms with Crippen LogP contribution in [0.1, 0.15) is 23.7 Å². The summed E-state index contributed by atoms with van der Waals surface area (Å²) in [5.74, 6) is -0.565. The molecule has 8 nitrogen and oxygen atoms in total.